The zero-order valence-electron chi connectivity index (χ0n) is 10.5. The highest BCUT2D eigenvalue weighted by atomic mass is 16.4. The number of carboxylic acids is 1. The third kappa shape index (κ3) is 4.04. The van der Waals surface area contributed by atoms with E-state index < -0.39 is 5.97 Å². The van der Waals surface area contributed by atoms with Gasteiger partial charge in [-0.3, -0.25) is 9.78 Å². The van der Waals surface area contributed by atoms with Crippen LogP contribution in [0.3, 0.4) is 0 Å². The van der Waals surface area contributed by atoms with Gasteiger partial charge in [0.25, 0.3) is 0 Å². The first-order valence-corrected chi connectivity index (χ1v) is 5.66. The Morgan fingerprint density at radius 3 is 2.61 bits per heavy atom. The standard InChI is InChI=1S/C12H17N3O3/c1-3-15(8-10-6-4-5-7-13-10)12(18)14(2)9-11(16)17/h4-7H,3,8-9H2,1-2H3,(H,16,17). The lowest BCUT2D eigenvalue weighted by Crippen LogP contribution is -2.42. The van der Waals surface area contributed by atoms with Crippen molar-refractivity contribution in [3.63, 3.8) is 0 Å². The van der Waals surface area contributed by atoms with Crippen LogP contribution in [0.5, 0.6) is 0 Å². The second kappa shape index (κ2) is 6.58. The number of carbonyl (C=O) groups is 2. The summed E-state index contributed by atoms with van der Waals surface area (Å²) in [5.74, 6) is -1.03. The first-order valence-electron chi connectivity index (χ1n) is 5.66. The Hall–Kier alpha value is -2.11. The number of likely N-dealkylation sites (N-methyl/N-ethyl adjacent to an activating group) is 1. The number of rotatable bonds is 5. The number of urea groups is 1. The van der Waals surface area contributed by atoms with Crippen LogP contribution in [-0.2, 0) is 11.3 Å². The van der Waals surface area contributed by atoms with E-state index in [1.807, 2.05) is 19.1 Å². The van der Waals surface area contributed by atoms with Gasteiger partial charge in [0.1, 0.15) is 6.54 Å². The van der Waals surface area contributed by atoms with E-state index in [1.165, 1.54) is 11.9 Å². The number of aromatic nitrogens is 1. The lowest BCUT2D eigenvalue weighted by molar-refractivity contribution is -0.137. The number of aliphatic carboxylic acids is 1. The molecule has 0 aliphatic rings. The maximum Gasteiger partial charge on any atom is 0.323 e. The smallest absolute Gasteiger partial charge is 0.323 e. The highest BCUT2D eigenvalue weighted by Gasteiger charge is 2.18. The average molecular weight is 251 g/mol. The summed E-state index contributed by atoms with van der Waals surface area (Å²) in [4.78, 5) is 29.4. The molecule has 2 amide bonds. The van der Waals surface area contributed by atoms with Crippen molar-refractivity contribution < 1.29 is 14.7 Å². The predicted octanol–water partition coefficient (Wildman–Crippen LogP) is 1.04. The predicted molar refractivity (Wildman–Crippen MR) is 66.0 cm³/mol. The summed E-state index contributed by atoms with van der Waals surface area (Å²) in [7, 11) is 1.47. The molecule has 6 heteroatoms. The van der Waals surface area contributed by atoms with Crippen molar-refractivity contribution in [2.24, 2.45) is 0 Å². The first kappa shape index (κ1) is 14.0. The Labute approximate surface area is 106 Å². The molecule has 0 aromatic carbocycles. The highest BCUT2D eigenvalue weighted by molar-refractivity contribution is 5.79. The summed E-state index contributed by atoms with van der Waals surface area (Å²) < 4.78 is 0. The second-order valence-corrected chi connectivity index (χ2v) is 3.87. The van der Waals surface area contributed by atoms with Crippen LogP contribution in [0.25, 0.3) is 0 Å². The number of carboxylic acid groups (broad SMARTS) is 1. The summed E-state index contributed by atoms with van der Waals surface area (Å²) in [6.07, 6.45) is 1.66. The van der Waals surface area contributed by atoms with Gasteiger partial charge in [-0.15, -0.1) is 0 Å². The van der Waals surface area contributed by atoms with Crippen LogP contribution in [0.15, 0.2) is 24.4 Å². The number of nitrogens with zero attached hydrogens (tertiary/aromatic N) is 3. The Bertz CT molecular complexity index is 408. The average Bonchev–Trinajstić information content (AvgIpc) is 2.35. The van der Waals surface area contributed by atoms with Crippen LogP contribution in [0.4, 0.5) is 4.79 Å². The molecule has 1 N–H and O–H groups in total. The Balaban J connectivity index is 2.66. The molecule has 0 saturated heterocycles. The topological polar surface area (TPSA) is 73.7 Å². The monoisotopic (exact) mass is 251 g/mol. The molecule has 18 heavy (non-hydrogen) atoms. The fraction of sp³-hybridized carbons (Fsp3) is 0.417. The lowest BCUT2D eigenvalue weighted by Gasteiger charge is -2.25. The van der Waals surface area contributed by atoms with E-state index in [0.29, 0.717) is 13.1 Å². The quantitative estimate of drug-likeness (QED) is 0.848. The summed E-state index contributed by atoms with van der Waals surface area (Å²) >= 11 is 0. The van der Waals surface area contributed by atoms with Gasteiger partial charge >= 0.3 is 12.0 Å². The molecular formula is C12H17N3O3. The number of amides is 2. The van der Waals surface area contributed by atoms with Gasteiger partial charge in [0.15, 0.2) is 0 Å². The van der Waals surface area contributed by atoms with Crippen LogP contribution in [0, 0.1) is 0 Å². The maximum atomic E-state index is 12.0. The molecule has 0 aliphatic heterocycles. The van der Waals surface area contributed by atoms with Crippen LogP contribution >= 0.6 is 0 Å². The van der Waals surface area contributed by atoms with E-state index >= 15 is 0 Å². The minimum absolute atomic E-state index is 0.308. The molecule has 6 nitrogen and oxygen atoms in total. The van der Waals surface area contributed by atoms with E-state index in [-0.39, 0.29) is 12.6 Å². The van der Waals surface area contributed by atoms with Crippen LogP contribution in [-0.4, -0.2) is 52.0 Å². The third-order valence-corrected chi connectivity index (χ3v) is 2.43. The van der Waals surface area contributed by atoms with Crippen molar-refractivity contribution in [3.05, 3.63) is 30.1 Å². The second-order valence-electron chi connectivity index (χ2n) is 3.87. The van der Waals surface area contributed by atoms with Crippen LogP contribution in [0.2, 0.25) is 0 Å². The van der Waals surface area contributed by atoms with Gasteiger partial charge in [-0.05, 0) is 19.1 Å². The fourth-order valence-corrected chi connectivity index (χ4v) is 1.51. The van der Waals surface area contributed by atoms with E-state index in [2.05, 4.69) is 4.98 Å². The zero-order valence-corrected chi connectivity index (χ0v) is 10.5. The normalized spacial score (nSPS) is 9.89. The minimum atomic E-state index is -1.03. The molecule has 1 heterocycles. The minimum Gasteiger partial charge on any atom is -0.480 e. The number of pyridine rings is 1. The van der Waals surface area contributed by atoms with Crippen LogP contribution in [0.1, 0.15) is 12.6 Å². The summed E-state index contributed by atoms with van der Waals surface area (Å²) in [5.41, 5.74) is 0.774. The Morgan fingerprint density at radius 1 is 1.39 bits per heavy atom. The lowest BCUT2D eigenvalue weighted by atomic mass is 10.3. The van der Waals surface area contributed by atoms with Gasteiger partial charge in [0.05, 0.1) is 12.2 Å². The zero-order chi connectivity index (χ0) is 13.5. The van der Waals surface area contributed by atoms with Crippen LogP contribution < -0.4 is 0 Å². The van der Waals surface area contributed by atoms with Gasteiger partial charge in [-0.1, -0.05) is 6.07 Å². The molecule has 0 aliphatic carbocycles. The number of hydrogen-bond acceptors (Lipinski definition) is 3. The molecule has 0 unspecified atom stereocenters. The van der Waals surface area contributed by atoms with Gasteiger partial charge < -0.3 is 14.9 Å². The van der Waals surface area contributed by atoms with Crippen molar-refractivity contribution in [1.29, 1.82) is 0 Å². The molecular weight excluding hydrogens is 234 g/mol. The summed E-state index contributed by atoms with van der Waals surface area (Å²) in [6, 6.07) is 5.16. The van der Waals surface area contributed by atoms with Crippen molar-refractivity contribution in [1.82, 2.24) is 14.8 Å². The SMILES string of the molecule is CCN(Cc1ccccn1)C(=O)N(C)CC(=O)O. The molecule has 0 radical (unpaired) electrons. The highest BCUT2D eigenvalue weighted by Crippen LogP contribution is 2.04. The number of carbonyl (C=O) groups excluding carboxylic acids is 1. The van der Waals surface area contributed by atoms with E-state index in [0.717, 1.165) is 5.69 Å². The van der Waals surface area contributed by atoms with Gasteiger partial charge in [0, 0.05) is 19.8 Å². The Morgan fingerprint density at radius 2 is 2.11 bits per heavy atom. The largest absolute Gasteiger partial charge is 0.480 e. The summed E-state index contributed by atoms with van der Waals surface area (Å²) in [5, 5.41) is 8.65. The first-order chi connectivity index (χ1) is 8.54. The van der Waals surface area contributed by atoms with Gasteiger partial charge in [-0.25, -0.2) is 4.79 Å². The van der Waals surface area contributed by atoms with E-state index in [9.17, 15) is 9.59 Å². The van der Waals surface area contributed by atoms with Gasteiger partial charge in [-0.2, -0.15) is 0 Å². The molecule has 0 saturated carbocycles. The molecule has 0 fully saturated rings. The molecule has 0 bridgehead atoms. The summed E-state index contributed by atoms with van der Waals surface area (Å²) in [6.45, 7) is 2.41. The molecule has 1 aromatic heterocycles. The number of hydrogen-bond donors (Lipinski definition) is 1. The van der Waals surface area contributed by atoms with Gasteiger partial charge in [0.2, 0.25) is 0 Å². The van der Waals surface area contributed by atoms with E-state index in [4.69, 9.17) is 5.11 Å². The molecule has 98 valence electrons. The van der Waals surface area contributed by atoms with Crippen molar-refractivity contribution >= 4 is 12.0 Å². The van der Waals surface area contributed by atoms with Crippen molar-refractivity contribution in [2.75, 3.05) is 20.1 Å². The Kier molecular flexibility index (Phi) is 5.10. The van der Waals surface area contributed by atoms with Crippen molar-refractivity contribution in [2.45, 2.75) is 13.5 Å². The molecule has 0 spiro atoms. The molecule has 1 rings (SSSR count). The van der Waals surface area contributed by atoms with Crippen molar-refractivity contribution in [3.8, 4) is 0 Å². The van der Waals surface area contributed by atoms with E-state index in [1.54, 1.807) is 17.2 Å². The fourth-order valence-electron chi connectivity index (χ4n) is 1.51. The molecule has 0 atom stereocenters. The maximum absolute atomic E-state index is 12.0. The molecule has 1 aromatic rings. The third-order valence-electron chi connectivity index (χ3n) is 2.43.